The van der Waals surface area contributed by atoms with Gasteiger partial charge in [0.15, 0.2) is 16.7 Å². The summed E-state index contributed by atoms with van der Waals surface area (Å²) in [5.41, 5.74) is 1.27. The van der Waals surface area contributed by atoms with Crippen molar-refractivity contribution in [3.63, 3.8) is 0 Å². The fourth-order valence-corrected chi connectivity index (χ4v) is 2.98. The van der Waals surface area contributed by atoms with Gasteiger partial charge in [0.25, 0.3) is 0 Å². The number of ether oxygens (including phenoxy) is 1. The maximum absolute atomic E-state index is 13.4. The van der Waals surface area contributed by atoms with Gasteiger partial charge in [0.1, 0.15) is 0 Å². The second-order valence-electron chi connectivity index (χ2n) is 4.99. The van der Waals surface area contributed by atoms with Crippen molar-refractivity contribution in [2.45, 2.75) is 19.4 Å². The first-order valence-electron chi connectivity index (χ1n) is 6.95. The lowest BCUT2D eigenvalue weighted by molar-refractivity contribution is -0.139. The van der Waals surface area contributed by atoms with Crippen molar-refractivity contribution in [2.24, 2.45) is 0 Å². The molecule has 0 atom stereocenters. The van der Waals surface area contributed by atoms with Crippen LogP contribution in [0.5, 0.6) is 5.75 Å². The van der Waals surface area contributed by atoms with Gasteiger partial charge in [-0.1, -0.05) is 0 Å². The molecule has 2 amide bonds. The van der Waals surface area contributed by atoms with E-state index in [4.69, 9.17) is 4.74 Å². The molecule has 24 heavy (non-hydrogen) atoms. The minimum absolute atomic E-state index is 0. The number of carbonyl (C=O) groups is 2. The molecule has 6 nitrogen and oxygen atoms in total. The smallest absolute Gasteiger partial charge is 0.230 e. The molecule has 1 saturated heterocycles. The quantitative estimate of drug-likeness (QED) is 0.818. The van der Waals surface area contributed by atoms with Crippen molar-refractivity contribution >= 4 is 46.4 Å². The number of nitrogens with one attached hydrogen (secondary N) is 1. The largest absolute Gasteiger partial charge is 0.494 e. The minimum Gasteiger partial charge on any atom is -0.494 e. The summed E-state index contributed by atoms with van der Waals surface area (Å²) in [6.45, 7) is 0.183. The zero-order valence-electron chi connectivity index (χ0n) is 12.7. The van der Waals surface area contributed by atoms with E-state index >= 15 is 0 Å². The normalized spacial score (nSPS) is 13.8. The van der Waals surface area contributed by atoms with Crippen molar-refractivity contribution < 1.29 is 18.7 Å². The standard InChI is InChI=1S/C15H14FN3O3S.ClH/c1-22-12-6-9(2-3-11(12)16)17-15-18-10(8-23-15)7-19-13(20)4-5-14(19)21;/h2-3,6,8H,4-5,7H2,1H3,(H,17,18);1H. The van der Waals surface area contributed by atoms with Gasteiger partial charge in [0.2, 0.25) is 11.8 Å². The molecule has 0 radical (unpaired) electrons. The molecule has 1 aliphatic rings. The topological polar surface area (TPSA) is 71.5 Å². The predicted molar refractivity (Wildman–Crippen MR) is 90.4 cm³/mol. The number of aromatic nitrogens is 1. The third-order valence-corrected chi connectivity index (χ3v) is 4.24. The van der Waals surface area contributed by atoms with Crippen LogP contribution in [0.15, 0.2) is 23.6 Å². The maximum Gasteiger partial charge on any atom is 0.230 e. The number of imide groups is 1. The Morgan fingerprint density at radius 1 is 1.33 bits per heavy atom. The van der Waals surface area contributed by atoms with Crippen LogP contribution in [0.2, 0.25) is 0 Å². The van der Waals surface area contributed by atoms with Crippen LogP contribution in [0.25, 0.3) is 0 Å². The number of nitrogens with zero attached hydrogens (tertiary/aromatic N) is 2. The van der Waals surface area contributed by atoms with Crippen molar-refractivity contribution in [3.8, 4) is 5.75 Å². The monoisotopic (exact) mass is 371 g/mol. The Morgan fingerprint density at radius 2 is 2.04 bits per heavy atom. The van der Waals surface area contributed by atoms with E-state index in [1.54, 1.807) is 11.4 Å². The predicted octanol–water partition coefficient (Wildman–Crippen LogP) is 3.11. The van der Waals surface area contributed by atoms with Crippen LogP contribution < -0.4 is 10.1 Å². The molecule has 0 aliphatic carbocycles. The Hall–Kier alpha value is -2.19. The summed E-state index contributed by atoms with van der Waals surface area (Å²) >= 11 is 1.34. The van der Waals surface area contributed by atoms with Gasteiger partial charge in [-0.15, -0.1) is 23.7 Å². The van der Waals surface area contributed by atoms with Gasteiger partial charge in [-0.05, 0) is 12.1 Å². The van der Waals surface area contributed by atoms with Crippen molar-refractivity contribution in [3.05, 3.63) is 35.1 Å². The number of thiazole rings is 1. The zero-order valence-corrected chi connectivity index (χ0v) is 14.4. The van der Waals surface area contributed by atoms with Gasteiger partial charge >= 0.3 is 0 Å². The molecule has 1 aliphatic heterocycles. The Morgan fingerprint density at radius 3 is 2.71 bits per heavy atom. The number of hydrogen-bond acceptors (Lipinski definition) is 6. The van der Waals surface area contributed by atoms with E-state index in [0.29, 0.717) is 16.5 Å². The molecule has 1 fully saturated rings. The van der Waals surface area contributed by atoms with Crippen LogP contribution in [-0.2, 0) is 16.1 Å². The average molecular weight is 372 g/mol. The van der Waals surface area contributed by atoms with Crippen LogP contribution in [0.1, 0.15) is 18.5 Å². The molecule has 128 valence electrons. The van der Waals surface area contributed by atoms with Crippen LogP contribution in [0, 0.1) is 5.82 Å². The highest BCUT2D eigenvalue weighted by atomic mass is 35.5. The number of rotatable bonds is 5. The van der Waals surface area contributed by atoms with Gasteiger partial charge in [-0.3, -0.25) is 14.5 Å². The highest BCUT2D eigenvalue weighted by Crippen LogP contribution is 2.26. The number of likely N-dealkylation sites (tertiary alicyclic amines) is 1. The molecule has 3 rings (SSSR count). The van der Waals surface area contributed by atoms with E-state index in [1.165, 1.54) is 35.5 Å². The summed E-state index contributed by atoms with van der Waals surface area (Å²) in [7, 11) is 1.40. The van der Waals surface area contributed by atoms with E-state index in [1.807, 2.05) is 0 Å². The number of carbonyl (C=O) groups excluding carboxylic acids is 2. The molecular weight excluding hydrogens is 357 g/mol. The fraction of sp³-hybridized carbons (Fsp3) is 0.267. The van der Waals surface area contributed by atoms with Crippen LogP contribution >= 0.6 is 23.7 Å². The van der Waals surface area contributed by atoms with Crippen LogP contribution in [-0.4, -0.2) is 28.8 Å². The zero-order chi connectivity index (χ0) is 16.4. The first-order chi connectivity index (χ1) is 11.1. The van der Waals surface area contributed by atoms with Crippen molar-refractivity contribution in [2.75, 3.05) is 12.4 Å². The van der Waals surface area contributed by atoms with E-state index < -0.39 is 5.82 Å². The Balaban J connectivity index is 0.00000208. The number of anilines is 2. The van der Waals surface area contributed by atoms with E-state index in [0.717, 1.165) is 0 Å². The molecule has 1 aromatic heterocycles. The molecule has 1 N–H and O–H groups in total. The van der Waals surface area contributed by atoms with E-state index in [-0.39, 0.29) is 49.4 Å². The molecule has 2 heterocycles. The van der Waals surface area contributed by atoms with Crippen LogP contribution in [0.4, 0.5) is 15.2 Å². The third kappa shape index (κ3) is 3.82. The Kier molecular flexibility index (Phi) is 5.74. The molecule has 0 unspecified atom stereocenters. The maximum atomic E-state index is 13.4. The lowest BCUT2D eigenvalue weighted by Gasteiger charge is -2.11. The minimum atomic E-state index is -0.441. The lowest BCUT2D eigenvalue weighted by Crippen LogP contribution is -2.28. The highest BCUT2D eigenvalue weighted by Gasteiger charge is 2.29. The highest BCUT2D eigenvalue weighted by molar-refractivity contribution is 7.13. The van der Waals surface area contributed by atoms with Gasteiger partial charge in [-0.25, -0.2) is 9.37 Å². The molecule has 2 aromatic rings. The fourth-order valence-electron chi connectivity index (χ4n) is 2.26. The van der Waals surface area contributed by atoms with Gasteiger partial charge in [-0.2, -0.15) is 0 Å². The summed E-state index contributed by atoms with van der Waals surface area (Å²) in [6, 6.07) is 4.41. The molecule has 0 bridgehead atoms. The average Bonchev–Trinajstić information content (AvgIpc) is 3.11. The SMILES string of the molecule is COc1cc(Nc2nc(CN3C(=O)CCC3=O)cs2)ccc1F.Cl. The molecule has 1 aromatic carbocycles. The summed E-state index contributed by atoms with van der Waals surface area (Å²) in [5, 5.41) is 5.42. The Labute approximate surface area is 148 Å². The van der Waals surface area contributed by atoms with Gasteiger partial charge in [0.05, 0.1) is 19.3 Å². The summed E-state index contributed by atoms with van der Waals surface area (Å²) < 4.78 is 18.3. The van der Waals surface area contributed by atoms with Crippen molar-refractivity contribution in [1.29, 1.82) is 0 Å². The lowest BCUT2D eigenvalue weighted by atomic mass is 10.3. The van der Waals surface area contributed by atoms with Crippen LogP contribution in [0.3, 0.4) is 0 Å². The van der Waals surface area contributed by atoms with Gasteiger partial charge in [0, 0.05) is 30.0 Å². The molecule has 0 spiro atoms. The number of methoxy groups -OCH3 is 1. The first kappa shape index (κ1) is 18.2. The summed E-state index contributed by atoms with van der Waals surface area (Å²) in [6.07, 6.45) is 0.535. The number of benzene rings is 1. The number of halogens is 2. The molecule has 9 heteroatoms. The van der Waals surface area contributed by atoms with E-state index in [9.17, 15) is 14.0 Å². The van der Waals surface area contributed by atoms with Crippen molar-refractivity contribution in [1.82, 2.24) is 9.88 Å². The number of hydrogen-bond donors (Lipinski definition) is 1. The first-order valence-corrected chi connectivity index (χ1v) is 7.83. The van der Waals surface area contributed by atoms with E-state index in [2.05, 4.69) is 10.3 Å². The summed E-state index contributed by atoms with van der Waals surface area (Å²) in [4.78, 5) is 28.8. The second kappa shape index (κ2) is 7.59. The summed E-state index contributed by atoms with van der Waals surface area (Å²) in [5.74, 6) is -0.634. The second-order valence-corrected chi connectivity index (χ2v) is 5.85. The Bertz CT molecular complexity index is 752. The van der Waals surface area contributed by atoms with Gasteiger partial charge < -0.3 is 10.1 Å². The molecule has 0 saturated carbocycles. The third-order valence-electron chi connectivity index (χ3n) is 3.43. The molecular formula is C15H15ClFN3O3S. The number of amides is 2.